The highest BCUT2D eigenvalue weighted by Crippen LogP contribution is 2.25. The largest absolute Gasteiger partial charge is 0.326 e. The standard InChI is InChI=1S/C15H20ClFN2O3S/c1-23(21,22)19(12-4-2-3-5-12)9-8-15(20)18-11-6-7-14(17)13(16)10-11/h6-7,10,12H,2-5,8-9H2,1H3,(H,18,20). The highest BCUT2D eigenvalue weighted by molar-refractivity contribution is 7.88. The Morgan fingerprint density at radius 3 is 2.61 bits per heavy atom. The summed E-state index contributed by atoms with van der Waals surface area (Å²) in [6.45, 7) is 0.143. The van der Waals surface area contributed by atoms with Gasteiger partial charge in [0.05, 0.1) is 11.3 Å². The molecule has 23 heavy (non-hydrogen) atoms. The van der Waals surface area contributed by atoms with E-state index in [4.69, 9.17) is 11.6 Å². The first kappa shape index (κ1) is 18.2. The average Bonchev–Trinajstić information content (AvgIpc) is 2.95. The predicted molar refractivity (Wildman–Crippen MR) is 88.5 cm³/mol. The number of nitrogens with one attached hydrogen (secondary N) is 1. The van der Waals surface area contributed by atoms with Gasteiger partial charge in [-0.15, -0.1) is 0 Å². The molecule has 0 heterocycles. The third-order valence-corrected chi connectivity index (χ3v) is 5.54. The van der Waals surface area contributed by atoms with Crippen LogP contribution in [0.25, 0.3) is 0 Å². The second-order valence-electron chi connectivity index (χ2n) is 5.74. The van der Waals surface area contributed by atoms with Crippen LogP contribution in [0.2, 0.25) is 5.02 Å². The van der Waals surface area contributed by atoms with Crippen LogP contribution in [0.15, 0.2) is 18.2 Å². The highest BCUT2D eigenvalue weighted by atomic mass is 35.5. The number of hydrogen-bond acceptors (Lipinski definition) is 3. The molecular weight excluding hydrogens is 343 g/mol. The quantitative estimate of drug-likeness (QED) is 0.845. The van der Waals surface area contributed by atoms with Crippen molar-refractivity contribution in [3.05, 3.63) is 29.0 Å². The SMILES string of the molecule is CS(=O)(=O)N(CCC(=O)Nc1ccc(F)c(Cl)c1)C1CCCC1. The van der Waals surface area contributed by atoms with E-state index in [1.807, 2.05) is 0 Å². The molecule has 1 fully saturated rings. The molecule has 0 aliphatic heterocycles. The van der Waals surface area contributed by atoms with Gasteiger partial charge in [0.2, 0.25) is 15.9 Å². The lowest BCUT2D eigenvalue weighted by atomic mass is 10.2. The number of benzene rings is 1. The summed E-state index contributed by atoms with van der Waals surface area (Å²) in [5.41, 5.74) is 0.383. The fourth-order valence-electron chi connectivity index (χ4n) is 2.82. The van der Waals surface area contributed by atoms with Gasteiger partial charge in [0.15, 0.2) is 0 Å². The van der Waals surface area contributed by atoms with E-state index in [1.54, 1.807) is 0 Å². The van der Waals surface area contributed by atoms with E-state index < -0.39 is 15.8 Å². The van der Waals surface area contributed by atoms with Crippen LogP contribution >= 0.6 is 11.6 Å². The van der Waals surface area contributed by atoms with Gasteiger partial charge in [-0.25, -0.2) is 12.8 Å². The number of rotatable bonds is 6. The van der Waals surface area contributed by atoms with Crippen molar-refractivity contribution in [1.29, 1.82) is 0 Å². The van der Waals surface area contributed by atoms with Crippen LogP contribution in [0, 0.1) is 5.82 Å². The number of hydrogen-bond donors (Lipinski definition) is 1. The first-order valence-electron chi connectivity index (χ1n) is 7.49. The minimum absolute atomic E-state index is 0.0157. The summed E-state index contributed by atoms with van der Waals surface area (Å²) in [6, 6.07) is 3.88. The van der Waals surface area contributed by atoms with Crippen LogP contribution in [0.3, 0.4) is 0 Å². The van der Waals surface area contributed by atoms with Gasteiger partial charge in [-0.05, 0) is 31.0 Å². The van der Waals surface area contributed by atoms with Crippen molar-refractivity contribution in [3.8, 4) is 0 Å². The maximum absolute atomic E-state index is 13.1. The van der Waals surface area contributed by atoms with Gasteiger partial charge < -0.3 is 5.32 Å². The maximum Gasteiger partial charge on any atom is 0.225 e. The second kappa shape index (κ2) is 7.59. The number of sulfonamides is 1. The molecule has 2 rings (SSSR count). The Labute approximate surface area is 140 Å². The fourth-order valence-corrected chi connectivity index (χ4v) is 4.18. The minimum atomic E-state index is -3.35. The van der Waals surface area contributed by atoms with Crippen LogP contribution in [-0.2, 0) is 14.8 Å². The fraction of sp³-hybridized carbons (Fsp3) is 0.533. The average molecular weight is 363 g/mol. The third kappa shape index (κ3) is 5.16. The summed E-state index contributed by atoms with van der Waals surface area (Å²) >= 11 is 5.66. The molecule has 0 saturated heterocycles. The number of carbonyl (C=O) groups is 1. The molecule has 1 aliphatic rings. The van der Waals surface area contributed by atoms with Crippen molar-refractivity contribution in [3.63, 3.8) is 0 Å². The number of amides is 1. The topological polar surface area (TPSA) is 66.5 Å². The molecule has 0 bridgehead atoms. The molecule has 1 aromatic rings. The van der Waals surface area contributed by atoms with Gasteiger partial charge >= 0.3 is 0 Å². The Kier molecular flexibility index (Phi) is 6.00. The van der Waals surface area contributed by atoms with E-state index in [9.17, 15) is 17.6 Å². The monoisotopic (exact) mass is 362 g/mol. The summed E-state index contributed by atoms with van der Waals surface area (Å²) in [6.07, 6.45) is 4.90. The normalized spacial score (nSPS) is 16.0. The Bertz CT molecular complexity index is 675. The van der Waals surface area contributed by atoms with Crippen molar-refractivity contribution in [1.82, 2.24) is 4.31 Å². The lowest BCUT2D eigenvalue weighted by Gasteiger charge is -2.26. The molecule has 0 aromatic heterocycles. The zero-order valence-electron chi connectivity index (χ0n) is 12.9. The zero-order valence-corrected chi connectivity index (χ0v) is 14.5. The van der Waals surface area contributed by atoms with Gasteiger partial charge in [-0.3, -0.25) is 4.79 Å². The summed E-state index contributed by atoms with van der Waals surface area (Å²) in [5.74, 6) is -0.895. The summed E-state index contributed by atoms with van der Waals surface area (Å²) in [5, 5.41) is 2.52. The molecule has 1 saturated carbocycles. The lowest BCUT2D eigenvalue weighted by molar-refractivity contribution is -0.116. The van der Waals surface area contributed by atoms with Gasteiger partial charge in [-0.2, -0.15) is 4.31 Å². The van der Waals surface area contributed by atoms with E-state index in [2.05, 4.69) is 5.32 Å². The smallest absolute Gasteiger partial charge is 0.225 e. The third-order valence-electron chi connectivity index (χ3n) is 3.92. The van der Waals surface area contributed by atoms with Gasteiger partial charge in [0, 0.05) is 24.7 Å². The Hall–Kier alpha value is -1.18. The molecule has 0 unspecified atom stereocenters. The first-order chi connectivity index (χ1) is 10.8. The summed E-state index contributed by atoms with van der Waals surface area (Å²) < 4.78 is 38.3. The molecule has 1 N–H and O–H groups in total. The van der Waals surface area contributed by atoms with Crippen molar-refractivity contribution in [2.75, 3.05) is 18.1 Å². The number of halogens is 2. The molecule has 5 nitrogen and oxygen atoms in total. The molecule has 1 aliphatic carbocycles. The van der Waals surface area contributed by atoms with E-state index in [1.165, 1.54) is 28.8 Å². The zero-order chi connectivity index (χ0) is 17.0. The number of carbonyl (C=O) groups excluding carboxylic acids is 1. The van der Waals surface area contributed by atoms with Crippen molar-refractivity contribution < 1.29 is 17.6 Å². The second-order valence-corrected chi connectivity index (χ2v) is 8.08. The van der Waals surface area contributed by atoms with Gasteiger partial charge in [0.25, 0.3) is 0 Å². The van der Waals surface area contributed by atoms with Crippen molar-refractivity contribution in [2.45, 2.75) is 38.1 Å². The van der Waals surface area contributed by atoms with Crippen LogP contribution in [0.1, 0.15) is 32.1 Å². The molecule has 8 heteroatoms. The number of nitrogens with zero attached hydrogens (tertiary/aromatic N) is 1. The Morgan fingerprint density at radius 2 is 2.04 bits per heavy atom. The maximum atomic E-state index is 13.1. The van der Waals surface area contributed by atoms with Crippen LogP contribution in [0.5, 0.6) is 0 Å². The summed E-state index contributed by atoms with van der Waals surface area (Å²) in [7, 11) is -3.35. The molecule has 0 radical (unpaired) electrons. The van der Waals surface area contributed by atoms with Crippen molar-refractivity contribution >= 4 is 33.2 Å². The Balaban J connectivity index is 1.94. The summed E-state index contributed by atoms with van der Waals surface area (Å²) in [4.78, 5) is 12.0. The van der Waals surface area contributed by atoms with E-state index in [0.717, 1.165) is 25.7 Å². The highest BCUT2D eigenvalue weighted by Gasteiger charge is 2.29. The molecule has 0 atom stereocenters. The Morgan fingerprint density at radius 1 is 1.39 bits per heavy atom. The van der Waals surface area contributed by atoms with E-state index >= 15 is 0 Å². The van der Waals surface area contributed by atoms with E-state index in [-0.39, 0.29) is 29.9 Å². The minimum Gasteiger partial charge on any atom is -0.326 e. The molecule has 128 valence electrons. The predicted octanol–water partition coefficient (Wildman–Crippen LogP) is 3.01. The number of anilines is 1. The van der Waals surface area contributed by atoms with Crippen LogP contribution in [-0.4, -0.2) is 37.5 Å². The van der Waals surface area contributed by atoms with Crippen molar-refractivity contribution in [2.24, 2.45) is 0 Å². The van der Waals surface area contributed by atoms with Crippen LogP contribution in [0.4, 0.5) is 10.1 Å². The molecule has 1 aromatic carbocycles. The lowest BCUT2D eigenvalue weighted by Crippen LogP contribution is -2.39. The first-order valence-corrected chi connectivity index (χ1v) is 9.72. The van der Waals surface area contributed by atoms with Crippen LogP contribution < -0.4 is 5.32 Å². The molecular formula is C15H20ClFN2O3S. The molecule has 0 spiro atoms. The van der Waals surface area contributed by atoms with Gasteiger partial charge in [0.1, 0.15) is 5.82 Å². The molecule has 1 amide bonds. The van der Waals surface area contributed by atoms with Gasteiger partial charge in [-0.1, -0.05) is 24.4 Å². The van der Waals surface area contributed by atoms with E-state index in [0.29, 0.717) is 5.69 Å².